The molecule has 0 aliphatic rings. The summed E-state index contributed by atoms with van der Waals surface area (Å²) in [4.78, 5) is 12.5. The van der Waals surface area contributed by atoms with Crippen molar-refractivity contribution in [2.45, 2.75) is 12.1 Å². The number of carbonyl (C=O) groups is 1. The van der Waals surface area contributed by atoms with Crippen molar-refractivity contribution in [1.29, 1.82) is 0 Å². The SMILES string of the molecule is CC(/C=C/c1ccccc1)=N\Nc1nnc(SCC(=O)Nc2cccc3ccccc23)n1N. The summed E-state index contributed by atoms with van der Waals surface area (Å²) in [7, 11) is 0. The number of allylic oxidation sites excluding steroid dienone is 1. The average molecular weight is 458 g/mol. The molecule has 33 heavy (non-hydrogen) atoms. The largest absolute Gasteiger partial charge is 0.334 e. The number of hydrogen-bond acceptors (Lipinski definition) is 7. The fourth-order valence-corrected chi connectivity index (χ4v) is 3.72. The maximum absolute atomic E-state index is 12.5. The summed E-state index contributed by atoms with van der Waals surface area (Å²) in [6.45, 7) is 1.86. The third-order valence-electron chi connectivity index (χ3n) is 4.71. The van der Waals surface area contributed by atoms with Gasteiger partial charge in [-0.05, 0) is 30.0 Å². The molecule has 0 saturated carbocycles. The summed E-state index contributed by atoms with van der Waals surface area (Å²) < 4.78 is 1.27. The number of hydrazone groups is 1. The Labute approximate surface area is 195 Å². The van der Waals surface area contributed by atoms with Gasteiger partial charge in [0.05, 0.1) is 11.5 Å². The van der Waals surface area contributed by atoms with Crippen molar-refractivity contribution < 1.29 is 4.79 Å². The molecule has 1 aromatic heterocycles. The molecule has 1 amide bonds. The van der Waals surface area contributed by atoms with E-state index in [1.54, 1.807) is 0 Å². The predicted octanol–water partition coefficient (Wildman–Crippen LogP) is 4.38. The molecule has 0 radical (unpaired) electrons. The molecule has 1 heterocycles. The van der Waals surface area contributed by atoms with Crippen LogP contribution in [0.25, 0.3) is 16.8 Å². The zero-order chi connectivity index (χ0) is 23.0. The van der Waals surface area contributed by atoms with Crippen LogP contribution < -0.4 is 16.6 Å². The standard InChI is InChI=1S/C24H23N7OS/c1-17(14-15-18-8-3-2-4-9-18)27-28-23-29-30-24(31(23)25)33-16-22(32)26-21-13-7-11-19-10-5-6-12-20(19)21/h2-15H,16,25H2,1H3,(H,26,32)(H,28,29)/b15-14+,27-17+. The van der Waals surface area contributed by atoms with Crippen molar-refractivity contribution in [2.24, 2.45) is 5.10 Å². The topological polar surface area (TPSA) is 110 Å². The van der Waals surface area contributed by atoms with E-state index in [9.17, 15) is 4.79 Å². The molecule has 166 valence electrons. The van der Waals surface area contributed by atoms with Crippen molar-refractivity contribution in [2.75, 3.05) is 22.3 Å². The first kappa shape index (κ1) is 22.1. The van der Waals surface area contributed by atoms with E-state index in [0.29, 0.717) is 5.16 Å². The van der Waals surface area contributed by atoms with Crippen molar-refractivity contribution in [3.63, 3.8) is 0 Å². The third-order valence-corrected chi connectivity index (χ3v) is 5.65. The first-order valence-corrected chi connectivity index (χ1v) is 11.2. The fraction of sp³-hybridized carbons (Fsp3) is 0.0833. The van der Waals surface area contributed by atoms with Crippen LogP contribution in [0.1, 0.15) is 12.5 Å². The van der Waals surface area contributed by atoms with Gasteiger partial charge in [-0.25, -0.2) is 10.1 Å². The number of thioether (sulfide) groups is 1. The van der Waals surface area contributed by atoms with E-state index in [0.717, 1.165) is 27.7 Å². The number of nitrogen functional groups attached to an aromatic ring is 1. The molecule has 8 nitrogen and oxygen atoms in total. The average Bonchev–Trinajstić information content (AvgIpc) is 3.20. The van der Waals surface area contributed by atoms with Crippen LogP contribution in [0.4, 0.5) is 11.6 Å². The molecule has 4 N–H and O–H groups in total. The highest BCUT2D eigenvalue weighted by molar-refractivity contribution is 7.99. The third kappa shape index (κ3) is 5.78. The number of benzene rings is 3. The van der Waals surface area contributed by atoms with Crippen LogP contribution in [0.3, 0.4) is 0 Å². The Morgan fingerprint density at radius 2 is 1.82 bits per heavy atom. The van der Waals surface area contributed by atoms with Crippen molar-refractivity contribution in [1.82, 2.24) is 14.9 Å². The fourth-order valence-electron chi connectivity index (χ4n) is 3.06. The van der Waals surface area contributed by atoms with E-state index in [1.165, 1.54) is 16.4 Å². The van der Waals surface area contributed by atoms with Crippen LogP contribution in [0, 0.1) is 0 Å². The normalized spacial score (nSPS) is 11.7. The Balaban J connectivity index is 1.33. The van der Waals surface area contributed by atoms with Gasteiger partial charge in [-0.3, -0.25) is 4.79 Å². The first-order valence-electron chi connectivity index (χ1n) is 10.2. The summed E-state index contributed by atoms with van der Waals surface area (Å²) in [5.41, 5.74) is 5.39. The van der Waals surface area contributed by atoms with E-state index in [1.807, 2.05) is 91.9 Å². The van der Waals surface area contributed by atoms with Gasteiger partial charge in [-0.2, -0.15) is 5.10 Å². The van der Waals surface area contributed by atoms with Crippen molar-refractivity contribution >= 4 is 51.9 Å². The van der Waals surface area contributed by atoms with Crippen LogP contribution in [-0.4, -0.2) is 32.2 Å². The predicted molar refractivity (Wildman–Crippen MR) is 136 cm³/mol. The molecule has 3 aromatic carbocycles. The number of fused-ring (bicyclic) bond motifs is 1. The molecule has 0 aliphatic heterocycles. The monoisotopic (exact) mass is 457 g/mol. The van der Waals surface area contributed by atoms with E-state index in [4.69, 9.17) is 5.84 Å². The Morgan fingerprint density at radius 3 is 2.67 bits per heavy atom. The van der Waals surface area contributed by atoms with Crippen LogP contribution in [0.2, 0.25) is 0 Å². The summed E-state index contributed by atoms with van der Waals surface area (Å²) >= 11 is 1.19. The number of hydrogen-bond donors (Lipinski definition) is 3. The van der Waals surface area contributed by atoms with Gasteiger partial charge in [0.15, 0.2) is 0 Å². The number of nitrogens with one attached hydrogen (secondary N) is 2. The lowest BCUT2D eigenvalue weighted by Gasteiger charge is -2.08. The molecule has 4 aromatic rings. The van der Waals surface area contributed by atoms with Crippen LogP contribution >= 0.6 is 11.8 Å². The minimum atomic E-state index is -0.159. The van der Waals surface area contributed by atoms with Gasteiger partial charge in [-0.1, -0.05) is 84.6 Å². The van der Waals surface area contributed by atoms with Gasteiger partial charge in [0.2, 0.25) is 11.1 Å². The van der Waals surface area contributed by atoms with Crippen LogP contribution in [0.5, 0.6) is 0 Å². The van der Waals surface area contributed by atoms with E-state index in [-0.39, 0.29) is 17.6 Å². The molecule has 0 fully saturated rings. The number of carbonyl (C=O) groups excluding carboxylic acids is 1. The molecule has 4 rings (SSSR count). The quantitative estimate of drug-likeness (QED) is 0.157. The minimum Gasteiger partial charge on any atom is -0.334 e. The zero-order valence-corrected chi connectivity index (χ0v) is 18.8. The van der Waals surface area contributed by atoms with E-state index in [2.05, 4.69) is 26.0 Å². The molecule has 0 atom stereocenters. The second-order valence-electron chi connectivity index (χ2n) is 7.15. The van der Waals surface area contributed by atoms with Crippen LogP contribution in [-0.2, 0) is 4.79 Å². The second kappa shape index (κ2) is 10.5. The Hall–Kier alpha value is -4.11. The minimum absolute atomic E-state index is 0.140. The van der Waals surface area contributed by atoms with Gasteiger partial charge in [0.1, 0.15) is 0 Å². The molecule has 0 unspecified atom stereocenters. The molecule has 0 bridgehead atoms. The molecular weight excluding hydrogens is 434 g/mol. The van der Waals surface area contributed by atoms with Gasteiger partial charge in [0, 0.05) is 11.1 Å². The van der Waals surface area contributed by atoms with E-state index >= 15 is 0 Å². The lowest BCUT2D eigenvalue weighted by atomic mass is 10.1. The smallest absolute Gasteiger partial charge is 0.264 e. The lowest BCUT2D eigenvalue weighted by Crippen LogP contribution is -2.17. The van der Waals surface area contributed by atoms with Gasteiger partial charge >= 0.3 is 0 Å². The molecule has 0 spiro atoms. The highest BCUT2D eigenvalue weighted by Gasteiger charge is 2.13. The highest BCUT2D eigenvalue weighted by atomic mass is 32.2. The van der Waals surface area contributed by atoms with Crippen molar-refractivity contribution in [3.8, 4) is 0 Å². The Kier molecular flexibility index (Phi) is 7.01. The highest BCUT2D eigenvalue weighted by Crippen LogP contribution is 2.24. The van der Waals surface area contributed by atoms with Gasteiger partial charge in [-0.15, -0.1) is 10.2 Å². The van der Waals surface area contributed by atoms with E-state index < -0.39 is 0 Å². The summed E-state index contributed by atoms with van der Waals surface area (Å²) in [5.74, 6) is 6.32. The van der Waals surface area contributed by atoms with Crippen LogP contribution in [0.15, 0.2) is 89.1 Å². The number of nitrogens with two attached hydrogens (primary N) is 1. The Bertz CT molecular complexity index is 1310. The molecular formula is C24H23N7OS. The number of aromatic nitrogens is 3. The maximum atomic E-state index is 12.5. The summed E-state index contributed by atoms with van der Waals surface area (Å²) in [6.07, 6.45) is 3.84. The molecule has 0 aliphatic carbocycles. The number of anilines is 2. The summed E-state index contributed by atoms with van der Waals surface area (Å²) in [5, 5.41) is 17.7. The molecule has 9 heteroatoms. The maximum Gasteiger partial charge on any atom is 0.264 e. The van der Waals surface area contributed by atoms with Gasteiger partial charge < -0.3 is 11.2 Å². The lowest BCUT2D eigenvalue weighted by molar-refractivity contribution is -0.113. The first-order chi connectivity index (χ1) is 16.1. The number of nitrogens with zero attached hydrogens (tertiary/aromatic N) is 4. The second-order valence-corrected chi connectivity index (χ2v) is 8.09. The van der Waals surface area contributed by atoms with Gasteiger partial charge in [0.25, 0.3) is 5.95 Å². The summed E-state index contributed by atoms with van der Waals surface area (Å²) in [6, 6.07) is 23.6. The van der Waals surface area contributed by atoms with Crippen molar-refractivity contribution in [3.05, 3.63) is 84.4 Å². The number of amides is 1. The number of rotatable bonds is 8. The Morgan fingerprint density at radius 1 is 1.06 bits per heavy atom. The molecule has 0 saturated heterocycles. The zero-order valence-electron chi connectivity index (χ0n) is 18.0.